The van der Waals surface area contributed by atoms with E-state index in [0.717, 1.165) is 43.9 Å². The summed E-state index contributed by atoms with van der Waals surface area (Å²) in [4.78, 5) is 0. The molecular formula is C20H14O2. The van der Waals surface area contributed by atoms with Crippen molar-refractivity contribution in [3.63, 3.8) is 0 Å². The van der Waals surface area contributed by atoms with Crippen molar-refractivity contribution < 1.29 is 8.83 Å². The quantitative estimate of drug-likeness (QED) is 0.343. The molecule has 2 heterocycles. The molecule has 2 aromatic heterocycles. The highest BCUT2D eigenvalue weighted by Gasteiger charge is 2.13. The Bertz CT molecular complexity index is 1190. The lowest BCUT2D eigenvalue weighted by Gasteiger charge is -1.92. The summed E-state index contributed by atoms with van der Waals surface area (Å²) in [5.41, 5.74) is 6.12. The van der Waals surface area contributed by atoms with Gasteiger partial charge in [0.2, 0.25) is 0 Å². The monoisotopic (exact) mass is 286 g/mol. The van der Waals surface area contributed by atoms with E-state index in [2.05, 4.69) is 56.3 Å². The van der Waals surface area contributed by atoms with Gasteiger partial charge in [0.15, 0.2) is 0 Å². The fourth-order valence-electron chi connectivity index (χ4n) is 3.27. The average molecular weight is 286 g/mol. The van der Waals surface area contributed by atoms with Gasteiger partial charge in [0, 0.05) is 21.5 Å². The second-order valence-corrected chi connectivity index (χ2v) is 6.05. The molecule has 0 saturated heterocycles. The molecule has 0 aliphatic carbocycles. The maximum Gasteiger partial charge on any atom is 0.136 e. The molecule has 0 atom stereocenters. The van der Waals surface area contributed by atoms with Gasteiger partial charge in [-0.25, -0.2) is 0 Å². The molecule has 22 heavy (non-hydrogen) atoms. The molecule has 0 radical (unpaired) electrons. The van der Waals surface area contributed by atoms with Crippen LogP contribution >= 0.6 is 0 Å². The number of hydrogen-bond acceptors (Lipinski definition) is 2. The van der Waals surface area contributed by atoms with Gasteiger partial charge < -0.3 is 8.83 Å². The second-order valence-electron chi connectivity index (χ2n) is 6.05. The van der Waals surface area contributed by atoms with Crippen molar-refractivity contribution >= 4 is 43.9 Å². The van der Waals surface area contributed by atoms with Gasteiger partial charge in [-0.15, -0.1) is 0 Å². The summed E-state index contributed by atoms with van der Waals surface area (Å²) in [6.07, 6.45) is 0. The Labute approximate surface area is 126 Å². The zero-order valence-electron chi connectivity index (χ0n) is 12.4. The van der Waals surface area contributed by atoms with Crippen molar-refractivity contribution in [2.24, 2.45) is 0 Å². The van der Waals surface area contributed by atoms with E-state index in [9.17, 15) is 0 Å². The summed E-state index contributed by atoms with van der Waals surface area (Å²) in [5, 5.41) is 4.51. The second kappa shape index (κ2) is 3.92. The Kier molecular flexibility index (Phi) is 2.11. The van der Waals surface area contributed by atoms with Crippen LogP contribution in [0.25, 0.3) is 43.9 Å². The number of furan rings is 2. The minimum absolute atomic E-state index is 0.913. The van der Waals surface area contributed by atoms with Gasteiger partial charge in [0.25, 0.3) is 0 Å². The van der Waals surface area contributed by atoms with Crippen molar-refractivity contribution in [3.8, 4) is 0 Å². The molecule has 0 spiro atoms. The van der Waals surface area contributed by atoms with Crippen LogP contribution in [0, 0.1) is 13.8 Å². The van der Waals surface area contributed by atoms with Crippen LogP contribution in [0.15, 0.2) is 57.4 Å². The van der Waals surface area contributed by atoms with E-state index in [1.165, 1.54) is 11.1 Å². The number of aryl methyl sites for hydroxylation is 2. The SMILES string of the molecule is Cc1ccc2c(c1)oc1cc3c(cc12)oc1ccc(C)cc13. The number of rotatable bonds is 0. The molecule has 0 amide bonds. The lowest BCUT2D eigenvalue weighted by molar-refractivity contribution is 0.663. The van der Waals surface area contributed by atoms with Crippen molar-refractivity contribution in [3.05, 3.63) is 59.7 Å². The normalized spacial score (nSPS) is 12.1. The predicted octanol–water partition coefficient (Wildman–Crippen LogP) is 6.10. The van der Waals surface area contributed by atoms with Gasteiger partial charge >= 0.3 is 0 Å². The van der Waals surface area contributed by atoms with Crippen LogP contribution in [-0.2, 0) is 0 Å². The van der Waals surface area contributed by atoms with Crippen molar-refractivity contribution in [2.75, 3.05) is 0 Å². The first-order chi connectivity index (χ1) is 10.7. The number of hydrogen-bond donors (Lipinski definition) is 0. The van der Waals surface area contributed by atoms with E-state index in [-0.39, 0.29) is 0 Å². The van der Waals surface area contributed by atoms with Crippen LogP contribution in [0.4, 0.5) is 0 Å². The predicted molar refractivity (Wildman–Crippen MR) is 90.5 cm³/mol. The topological polar surface area (TPSA) is 26.3 Å². The average Bonchev–Trinajstić information content (AvgIpc) is 3.01. The van der Waals surface area contributed by atoms with Gasteiger partial charge in [0.05, 0.1) is 0 Å². The van der Waals surface area contributed by atoms with Crippen LogP contribution in [-0.4, -0.2) is 0 Å². The van der Waals surface area contributed by atoms with E-state index in [0.29, 0.717) is 0 Å². The molecule has 0 bridgehead atoms. The molecule has 0 N–H and O–H groups in total. The Morgan fingerprint density at radius 1 is 0.500 bits per heavy atom. The molecule has 0 aliphatic heterocycles. The summed E-state index contributed by atoms with van der Waals surface area (Å²) in [7, 11) is 0. The van der Waals surface area contributed by atoms with E-state index in [1.54, 1.807) is 0 Å². The molecule has 2 nitrogen and oxygen atoms in total. The van der Waals surface area contributed by atoms with Crippen LogP contribution in [0.1, 0.15) is 11.1 Å². The van der Waals surface area contributed by atoms with Crippen molar-refractivity contribution in [1.29, 1.82) is 0 Å². The molecule has 5 aromatic rings. The fraction of sp³-hybridized carbons (Fsp3) is 0.100. The third kappa shape index (κ3) is 1.49. The molecule has 0 saturated carbocycles. The van der Waals surface area contributed by atoms with Gasteiger partial charge in [-0.2, -0.15) is 0 Å². The maximum absolute atomic E-state index is 6.05. The molecule has 0 unspecified atom stereocenters. The van der Waals surface area contributed by atoms with Crippen LogP contribution in [0.3, 0.4) is 0 Å². The highest BCUT2D eigenvalue weighted by molar-refractivity contribution is 6.14. The zero-order valence-corrected chi connectivity index (χ0v) is 12.4. The van der Waals surface area contributed by atoms with Crippen LogP contribution < -0.4 is 0 Å². The third-order valence-corrected chi connectivity index (χ3v) is 4.37. The van der Waals surface area contributed by atoms with Gasteiger partial charge in [-0.3, -0.25) is 0 Å². The first-order valence-corrected chi connectivity index (χ1v) is 7.45. The van der Waals surface area contributed by atoms with Crippen LogP contribution in [0.2, 0.25) is 0 Å². The molecule has 3 aromatic carbocycles. The Hall–Kier alpha value is -2.74. The van der Waals surface area contributed by atoms with E-state index in [1.807, 2.05) is 6.07 Å². The zero-order chi connectivity index (χ0) is 14.8. The maximum atomic E-state index is 6.05. The highest BCUT2D eigenvalue weighted by Crippen LogP contribution is 2.36. The molecule has 2 heteroatoms. The van der Waals surface area contributed by atoms with Gasteiger partial charge in [-0.05, 0) is 49.7 Å². The summed E-state index contributed by atoms with van der Waals surface area (Å²) in [6, 6.07) is 16.8. The van der Waals surface area contributed by atoms with E-state index >= 15 is 0 Å². The lowest BCUT2D eigenvalue weighted by atomic mass is 10.1. The van der Waals surface area contributed by atoms with Crippen LogP contribution in [0.5, 0.6) is 0 Å². The summed E-state index contributed by atoms with van der Waals surface area (Å²) in [6.45, 7) is 4.18. The Balaban J connectivity index is 1.98. The highest BCUT2D eigenvalue weighted by atomic mass is 16.3. The Morgan fingerprint density at radius 2 is 1.05 bits per heavy atom. The first kappa shape index (κ1) is 11.9. The standard InChI is InChI=1S/C20H14O2/c1-11-4-6-17-14(7-11)16-10-19-15(9-20(16)21-17)13-5-3-12(2)8-18(13)22-19/h3-10H,1-2H3. The lowest BCUT2D eigenvalue weighted by Crippen LogP contribution is -1.71. The molecule has 0 aliphatic rings. The Morgan fingerprint density at radius 3 is 1.86 bits per heavy atom. The van der Waals surface area contributed by atoms with Gasteiger partial charge in [0.1, 0.15) is 22.3 Å². The molecule has 5 rings (SSSR count). The van der Waals surface area contributed by atoms with E-state index < -0.39 is 0 Å². The fourth-order valence-corrected chi connectivity index (χ4v) is 3.27. The number of benzene rings is 3. The molecular weight excluding hydrogens is 272 g/mol. The minimum Gasteiger partial charge on any atom is -0.456 e. The van der Waals surface area contributed by atoms with Crippen molar-refractivity contribution in [2.45, 2.75) is 13.8 Å². The largest absolute Gasteiger partial charge is 0.456 e. The summed E-state index contributed by atoms with van der Waals surface area (Å²) < 4.78 is 12.1. The first-order valence-electron chi connectivity index (χ1n) is 7.45. The number of fused-ring (bicyclic) bond motifs is 6. The van der Waals surface area contributed by atoms with E-state index in [4.69, 9.17) is 8.83 Å². The summed E-state index contributed by atoms with van der Waals surface area (Å²) >= 11 is 0. The smallest absolute Gasteiger partial charge is 0.136 e. The minimum atomic E-state index is 0.913. The van der Waals surface area contributed by atoms with Gasteiger partial charge in [-0.1, -0.05) is 23.8 Å². The summed E-state index contributed by atoms with van der Waals surface area (Å²) in [5.74, 6) is 0. The van der Waals surface area contributed by atoms with Crippen molar-refractivity contribution in [1.82, 2.24) is 0 Å². The third-order valence-electron chi connectivity index (χ3n) is 4.37. The molecule has 0 fully saturated rings. The molecule has 106 valence electrons.